The zero-order valence-corrected chi connectivity index (χ0v) is 16.6. The van der Waals surface area contributed by atoms with Crippen molar-refractivity contribution in [2.24, 2.45) is 0 Å². The van der Waals surface area contributed by atoms with Crippen molar-refractivity contribution < 1.29 is 4.79 Å². The number of allylic oxidation sites excluding steroid dienone is 2. The highest BCUT2D eigenvalue weighted by molar-refractivity contribution is 5.98. The third-order valence-corrected chi connectivity index (χ3v) is 5.30. The Morgan fingerprint density at radius 3 is 2.58 bits per heavy atom. The summed E-state index contributed by atoms with van der Waals surface area (Å²) in [5.74, 6) is 0.470. The molecule has 2 aliphatic rings. The maximum Gasteiger partial charge on any atom is 0.219 e. The normalized spacial score (nSPS) is 19.8. The second-order valence-corrected chi connectivity index (χ2v) is 7.27. The van der Waals surface area contributed by atoms with Crippen molar-refractivity contribution in [1.82, 2.24) is 20.0 Å². The molecule has 1 amide bonds. The lowest BCUT2D eigenvalue weighted by atomic mass is 10.00. The lowest BCUT2D eigenvalue weighted by Gasteiger charge is -2.36. The van der Waals surface area contributed by atoms with Gasteiger partial charge in [0.05, 0.1) is 6.54 Å². The van der Waals surface area contributed by atoms with Crippen LogP contribution in [0.4, 0.5) is 0 Å². The molecule has 2 rings (SSSR count). The molecule has 0 aromatic carbocycles. The third kappa shape index (κ3) is 4.97. The van der Waals surface area contributed by atoms with E-state index in [4.69, 9.17) is 5.41 Å². The van der Waals surface area contributed by atoms with Gasteiger partial charge in [0.25, 0.3) is 0 Å². The number of hydrogen-bond donors (Lipinski definition) is 2. The maximum atomic E-state index is 11.9. The monoisotopic (exact) mass is 359 g/mol. The third-order valence-electron chi connectivity index (χ3n) is 5.30. The van der Waals surface area contributed by atoms with Crippen LogP contribution in [0.2, 0.25) is 0 Å². The molecule has 2 aliphatic heterocycles. The van der Waals surface area contributed by atoms with Crippen LogP contribution in [-0.2, 0) is 4.79 Å². The summed E-state index contributed by atoms with van der Waals surface area (Å²) in [7, 11) is 4.02. The lowest BCUT2D eigenvalue weighted by molar-refractivity contribution is -0.128. The van der Waals surface area contributed by atoms with Crippen molar-refractivity contribution in [2.75, 3.05) is 40.3 Å². The summed E-state index contributed by atoms with van der Waals surface area (Å²) in [6.07, 6.45) is 6.80. The molecule has 0 spiro atoms. The summed E-state index contributed by atoms with van der Waals surface area (Å²) in [6, 6.07) is 0.442. The molecule has 0 bridgehead atoms. The van der Waals surface area contributed by atoms with Crippen molar-refractivity contribution >= 4 is 11.7 Å². The number of amides is 1. The molecule has 1 fully saturated rings. The van der Waals surface area contributed by atoms with Crippen LogP contribution in [0.15, 0.2) is 35.7 Å². The summed E-state index contributed by atoms with van der Waals surface area (Å²) in [4.78, 5) is 17.8. The fourth-order valence-corrected chi connectivity index (χ4v) is 3.46. The topological polar surface area (TPSA) is 62.7 Å². The first-order valence-electron chi connectivity index (χ1n) is 9.40. The highest BCUT2D eigenvalue weighted by Gasteiger charge is 2.27. The van der Waals surface area contributed by atoms with Gasteiger partial charge in [0, 0.05) is 49.9 Å². The van der Waals surface area contributed by atoms with E-state index in [1.54, 1.807) is 11.8 Å². The van der Waals surface area contributed by atoms with Crippen LogP contribution in [0.25, 0.3) is 0 Å². The van der Waals surface area contributed by atoms with E-state index in [-0.39, 0.29) is 5.91 Å². The van der Waals surface area contributed by atoms with E-state index in [2.05, 4.69) is 23.8 Å². The van der Waals surface area contributed by atoms with Crippen LogP contribution in [0.5, 0.6) is 0 Å². The van der Waals surface area contributed by atoms with E-state index >= 15 is 0 Å². The van der Waals surface area contributed by atoms with E-state index in [0.717, 1.165) is 49.3 Å². The van der Waals surface area contributed by atoms with Gasteiger partial charge in [0.1, 0.15) is 5.84 Å². The number of carbonyl (C=O) groups excluding carboxylic acids is 1. The molecule has 1 saturated heterocycles. The predicted molar refractivity (Wildman–Crippen MR) is 107 cm³/mol. The first-order valence-corrected chi connectivity index (χ1v) is 9.40. The van der Waals surface area contributed by atoms with E-state index in [9.17, 15) is 4.79 Å². The Balaban J connectivity index is 2.22. The van der Waals surface area contributed by atoms with Gasteiger partial charge in [-0.1, -0.05) is 12.7 Å². The van der Waals surface area contributed by atoms with Crippen LogP contribution >= 0.6 is 0 Å². The van der Waals surface area contributed by atoms with Gasteiger partial charge in [-0.3, -0.25) is 10.2 Å². The maximum absolute atomic E-state index is 11.9. The summed E-state index contributed by atoms with van der Waals surface area (Å²) in [5.41, 5.74) is 2.78. The highest BCUT2D eigenvalue weighted by atomic mass is 16.2. The zero-order valence-electron chi connectivity index (χ0n) is 16.6. The fourth-order valence-electron chi connectivity index (χ4n) is 3.46. The second kappa shape index (κ2) is 9.03. The van der Waals surface area contributed by atoms with Crippen LogP contribution in [0.1, 0.15) is 33.1 Å². The molecular weight excluding hydrogens is 326 g/mol. The molecule has 2 N–H and O–H groups in total. The predicted octanol–water partition coefficient (Wildman–Crippen LogP) is 2.18. The highest BCUT2D eigenvalue weighted by Crippen LogP contribution is 2.22. The minimum absolute atomic E-state index is 0.0589. The van der Waals surface area contributed by atoms with E-state index in [1.165, 1.54) is 0 Å². The van der Waals surface area contributed by atoms with Gasteiger partial charge in [-0.25, -0.2) is 0 Å². The summed E-state index contributed by atoms with van der Waals surface area (Å²) >= 11 is 0. The largest absolute Gasteiger partial charge is 0.385 e. The van der Waals surface area contributed by atoms with Crippen LogP contribution in [0.3, 0.4) is 0 Å². The average Bonchev–Trinajstić information content (AvgIpc) is 2.62. The van der Waals surface area contributed by atoms with E-state index in [0.29, 0.717) is 25.0 Å². The van der Waals surface area contributed by atoms with Crippen molar-refractivity contribution in [3.8, 4) is 0 Å². The molecule has 0 aliphatic carbocycles. The number of nitrogens with one attached hydrogen (secondary N) is 2. The molecule has 144 valence electrons. The number of rotatable bonds is 5. The molecule has 26 heavy (non-hydrogen) atoms. The zero-order chi connectivity index (χ0) is 19.3. The van der Waals surface area contributed by atoms with Gasteiger partial charge in [-0.2, -0.15) is 0 Å². The van der Waals surface area contributed by atoms with Crippen molar-refractivity contribution in [3.63, 3.8) is 0 Å². The lowest BCUT2D eigenvalue weighted by Crippen LogP contribution is -2.46. The Morgan fingerprint density at radius 2 is 2.00 bits per heavy atom. The standard InChI is InChI=1S/C20H33N5O/c1-6-7-15(2)24(5)20(21)18-14-25(16(3)26)13-10-19(18)22-17-8-11-23(4)12-9-17/h6-7,17,21-22H,2,8-14H2,1,3-5H3/b7-6-,21-20?. The van der Waals surface area contributed by atoms with Gasteiger partial charge in [0.15, 0.2) is 0 Å². The minimum Gasteiger partial charge on any atom is -0.385 e. The summed E-state index contributed by atoms with van der Waals surface area (Å²) in [6.45, 7) is 10.9. The second-order valence-electron chi connectivity index (χ2n) is 7.27. The molecule has 0 radical (unpaired) electrons. The number of likely N-dealkylation sites (tertiary alicyclic amines) is 1. The van der Waals surface area contributed by atoms with Crippen molar-refractivity contribution in [1.29, 1.82) is 5.41 Å². The molecule has 0 atom stereocenters. The molecule has 0 aromatic heterocycles. The molecule has 2 heterocycles. The molecular formula is C20H33N5O. The molecule has 0 aromatic rings. The number of hydrogen-bond acceptors (Lipinski definition) is 4. The van der Waals surface area contributed by atoms with Crippen LogP contribution < -0.4 is 5.32 Å². The summed E-state index contributed by atoms with van der Waals surface area (Å²) in [5, 5.41) is 12.4. The average molecular weight is 360 g/mol. The van der Waals surface area contributed by atoms with Crippen LogP contribution in [-0.4, -0.2) is 72.8 Å². The minimum atomic E-state index is 0.0589. The van der Waals surface area contributed by atoms with E-state index in [1.807, 2.05) is 31.0 Å². The van der Waals surface area contributed by atoms with Gasteiger partial charge in [-0.05, 0) is 46.0 Å². The van der Waals surface area contributed by atoms with Gasteiger partial charge in [-0.15, -0.1) is 0 Å². The molecule has 6 heteroatoms. The Hall–Kier alpha value is -2.08. The Labute approximate surface area is 157 Å². The van der Waals surface area contributed by atoms with Gasteiger partial charge < -0.3 is 20.0 Å². The Bertz CT molecular complexity index is 614. The van der Waals surface area contributed by atoms with Gasteiger partial charge >= 0.3 is 0 Å². The first-order chi connectivity index (χ1) is 12.3. The van der Waals surface area contributed by atoms with Crippen LogP contribution in [0, 0.1) is 5.41 Å². The quantitative estimate of drug-likeness (QED) is 0.449. The number of carbonyl (C=O) groups is 1. The number of likely N-dealkylation sites (N-methyl/N-ethyl adjacent to an activating group) is 1. The molecule has 6 nitrogen and oxygen atoms in total. The summed E-state index contributed by atoms with van der Waals surface area (Å²) < 4.78 is 0. The first kappa shape index (κ1) is 20.2. The molecule has 0 unspecified atom stereocenters. The number of amidine groups is 1. The number of nitrogens with zero attached hydrogens (tertiary/aromatic N) is 3. The van der Waals surface area contributed by atoms with E-state index < -0.39 is 0 Å². The molecule has 0 saturated carbocycles. The van der Waals surface area contributed by atoms with Gasteiger partial charge in [0.2, 0.25) is 5.91 Å². The fraction of sp³-hybridized carbons (Fsp3) is 0.600. The smallest absolute Gasteiger partial charge is 0.219 e. The van der Waals surface area contributed by atoms with Crippen molar-refractivity contribution in [3.05, 3.63) is 35.7 Å². The van der Waals surface area contributed by atoms with Crippen molar-refractivity contribution in [2.45, 2.75) is 39.2 Å². The Kier molecular flexibility index (Phi) is 7.03. The SMILES string of the molecule is C=C(/C=C\C)N(C)C(=N)C1=C(NC2CCN(C)CC2)CCN(C(C)=O)C1. The number of piperidine rings is 1. The Morgan fingerprint density at radius 1 is 1.35 bits per heavy atom.